The molecule has 2 fully saturated rings. The number of aliphatic hydroxyl groups is 1. The molecule has 27 heavy (non-hydrogen) atoms. The minimum absolute atomic E-state index is 0.102. The summed E-state index contributed by atoms with van der Waals surface area (Å²) in [5.41, 5.74) is 2.56. The lowest BCUT2D eigenvalue weighted by molar-refractivity contribution is 0.0566. The van der Waals surface area contributed by atoms with Crippen LogP contribution in [-0.2, 0) is 12.0 Å². The van der Waals surface area contributed by atoms with Crippen molar-refractivity contribution in [2.75, 3.05) is 20.7 Å². The van der Waals surface area contributed by atoms with E-state index >= 15 is 0 Å². The Morgan fingerprint density at radius 3 is 2.70 bits per heavy atom. The minimum Gasteiger partial charge on any atom is -0.493 e. The first-order chi connectivity index (χ1) is 13.1. The molecule has 1 aliphatic heterocycles. The molecule has 1 N–H and O–H groups in total. The highest BCUT2D eigenvalue weighted by atomic mass is 16.5. The Kier molecular flexibility index (Phi) is 5.11. The Morgan fingerprint density at radius 2 is 1.93 bits per heavy atom. The van der Waals surface area contributed by atoms with Crippen molar-refractivity contribution in [3.05, 3.63) is 59.7 Å². The van der Waals surface area contributed by atoms with Crippen LogP contribution in [0.1, 0.15) is 36.8 Å². The molecule has 1 aliphatic carbocycles. The summed E-state index contributed by atoms with van der Waals surface area (Å²) in [5, 5.41) is 10.2. The molecule has 2 aliphatic rings. The van der Waals surface area contributed by atoms with Crippen LogP contribution < -0.4 is 9.47 Å². The lowest BCUT2D eigenvalue weighted by Gasteiger charge is -2.43. The summed E-state index contributed by atoms with van der Waals surface area (Å²) in [4.78, 5) is 2.41. The normalized spacial score (nSPS) is 28.0. The van der Waals surface area contributed by atoms with Gasteiger partial charge in [0.25, 0.3) is 0 Å². The third kappa shape index (κ3) is 3.44. The molecule has 0 unspecified atom stereocenters. The predicted octanol–water partition coefficient (Wildman–Crippen LogP) is 3.76. The summed E-state index contributed by atoms with van der Waals surface area (Å²) >= 11 is 0. The van der Waals surface area contributed by atoms with Crippen molar-refractivity contribution in [2.45, 2.75) is 49.9 Å². The van der Waals surface area contributed by atoms with E-state index in [0.29, 0.717) is 12.6 Å². The number of likely N-dealkylation sites (tertiary alicyclic amines) is 1. The minimum atomic E-state index is -0.185. The topological polar surface area (TPSA) is 41.9 Å². The molecule has 3 atom stereocenters. The van der Waals surface area contributed by atoms with Gasteiger partial charge in [-0.3, -0.25) is 0 Å². The van der Waals surface area contributed by atoms with E-state index in [0.717, 1.165) is 49.3 Å². The molecule has 0 radical (unpaired) electrons. The average Bonchev–Trinajstić information content (AvgIpc) is 3.04. The van der Waals surface area contributed by atoms with Crippen molar-refractivity contribution in [1.82, 2.24) is 4.90 Å². The zero-order valence-corrected chi connectivity index (χ0v) is 16.2. The second-order valence-corrected chi connectivity index (χ2v) is 7.97. The smallest absolute Gasteiger partial charge is 0.161 e. The molecule has 0 spiro atoms. The molecule has 144 valence electrons. The molecular formula is C23H29NO3. The maximum atomic E-state index is 10.2. The van der Waals surface area contributed by atoms with Gasteiger partial charge < -0.3 is 19.5 Å². The van der Waals surface area contributed by atoms with Crippen LogP contribution in [0.4, 0.5) is 0 Å². The van der Waals surface area contributed by atoms with Gasteiger partial charge in [-0.05, 0) is 62.5 Å². The number of aliphatic hydroxyl groups excluding tert-OH is 1. The molecule has 2 aromatic rings. The van der Waals surface area contributed by atoms with Gasteiger partial charge in [-0.1, -0.05) is 36.4 Å². The van der Waals surface area contributed by atoms with Crippen LogP contribution in [0.3, 0.4) is 0 Å². The standard InChI is InChI=1S/C23H29NO3/c1-24-13-12-23(11-10-19(25)15-22(23)24)18-8-9-20(26-2)21(14-18)27-16-17-6-4-3-5-7-17/h3-9,14,19,22,25H,10-13,15-16H2,1-2H3/t19-,22+,23+/m1/s1. The van der Waals surface area contributed by atoms with Crippen LogP contribution in [-0.4, -0.2) is 42.9 Å². The number of benzene rings is 2. The van der Waals surface area contributed by atoms with E-state index in [9.17, 15) is 5.11 Å². The van der Waals surface area contributed by atoms with Crippen LogP contribution in [0.25, 0.3) is 0 Å². The molecule has 4 rings (SSSR count). The fraction of sp³-hybridized carbons (Fsp3) is 0.478. The number of likely N-dealkylation sites (N-methyl/N-ethyl adjacent to an activating group) is 1. The summed E-state index contributed by atoms with van der Waals surface area (Å²) in [5.74, 6) is 1.57. The third-order valence-electron chi connectivity index (χ3n) is 6.48. The van der Waals surface area contributed by atoms with Crippen LogP contribution in [0.2, 0.25) is 0 Å². The molecule has 1 heterocycles. The van der Waals surface area contributed by atoms with Gasteiger partial charge in [0.05, 0.1) is 13.2 Å². The number of nitrogens with zero attached hydrogens (tertiary/aromatic N) is 1. The quantitative estimate of drug-likeness (QED) is 0.874. The molecular weight excluding hydrogens is 338 g/mol. The summed E-state index contributed by atoms with van der Waals surface area (Å²) in [7, 11) is 3.87. The number of methoxy groups -OCH3 is 1. The Hall–Kier alpha value is -2.04. The number of fused-ring (bicyclic) bond motifs is 1. The molecule has 0 aromatic heterocycles. The van der Waals surface area contributed by atoms with Gasteiger partial charge in [0.1, 0.15) is 6.61 Å². The van der Waals surface area contributed by atoms with Gasteiger partial charge >= 0.3 is 0 Å². The number of ether oxygens (including phenoxy) is 2. The molecule has 0 amide bonds. The first-order valence-electron chi connectivity index (χ1n) is 9.86. The summed E-state index contributed by atoms with van der Waals surface area (Å²) in [6.07, 6.45) is 3.69. The molecule has 2 aromatic carbocycles. The Balaban J connectivity index is 1.63. The third-order valence-corrected chi connectivity index (χ3v) is 6.48. The maximum Gasteiger partial charge on any atom is 0.161 e. The van der Waals surface area contributed by atoms with Crippen molar-refractivity contribution in [2.24, 2.45) is 0 Å². The Labute approximate surface area is 161 Å². The maximum absolute atomic E-state index is 10.2. The summed E-state index contributed by atoms with van der Waals surface area (Å²) < 4.78 is 11.7. The lowest BCUT2D eigenvalue weighted by atomic mass is 9.65. The SMILES string of the molecule is COc1ccc([C@@]23CC[C@@H](O)C[C@@H]2N(C)CC3)cc1OCc1ccccc1. The fourth-order valence-corrected chi connectivity index (χ4v) is 4.93. The first-order valence-corrected chi connectivity index (χ1v) is 9.86. The number of hydrogen-bond donors (Lipinski definition) is 1. The Morgan fingerprint density at radius 1 is 1.11 bits per heavy atom. The number of hydrogen-bond acceptors (Lipinski definition) is 4. The second kappa shape index (κ2) is 7.53. The largest absolute Gasteiger partial charge is 0.493 e. The summed E-state index contributed by atoms with van der Waals surface area (Å²) in [6.45, 7) is 1.60. The molecule has 4 heteroatoms. The second-order valence-electron chi connectivity index (χ2n) is 7.97. The van der Waals surface area contributed by atoms with Crippen LogP contribution >= 0.6 is 0 Å². The van der Waals surface area contributed by atoms with E-state index in [-0.39, 0.29) is 11.5 Å². The lowest BCUT2D eigenvalue weighted by Crippen LogP contribution is -2.47. The van der Waals surface area contributed by atoms with Crippen molar-refractivity contribution < 1.29 is 14.6 Å². The summed E-state index contributed by atoms with van der Waals surface area (Å²) in [6, 6.07) is 17.0. The Bertz CT molecular complexity index is 778. The fourth-order valence-electron chi connectivity index (χ4n) is 4.93. The van der Waals surface area contributed by atoms with E-state index in [4.69, 9.17) is 9.47 Å². The van der Waals surface area contributed by atoms with Crippen LogP contribution in [0.15, 0.2) is 48.5 Å². The van der Waals surface area contributed by atoms with E-state index in [1.807, 2.05) is 24.3 Å². The van der Waals surface area contributed by atoms with Gasteiger partial charge in [0.15, 0.2) is 11.5 Å². The van der Waals surface area contributed by atoms with Gasteiger partial charge in [-0.2, -0.15) is 0 Å². The molecule has 0 bridgehead atoms. The predicted molar refractivity (Wildman–Crippen MR) is 106 cm³/mol. The van der Waals surface area contributed by atoms with E-state index < -0.39 is 0 Å². The van der Waals surface area contributed by atoms with Crippen molar-refractivity contribution in [3.8, 4) is 11.5 Å². The molecule has 1 saturated carbocycles. The van der Waals surface area contributed by atoms with E-state index in [1.165, 1.54) is 5.56 Å². The highest BCUT2D eigenvalue weighted by Crippen LogP contribution is 2.49. The highest BCUT2D eigenvalue weighted by molar-refractivity contribution is 5.46. The highest BCUT2D eigenvalue weighted by Gasteiger charge is 2.50. The van der Waals surface area contributed by atoms with Crippen molar-refractivity contribution in [1.29, 1.82) is 0 Å². The van der Waals surface area contributed by atoms with Crippen molar-refractivity contribution in [3.63, 3.8) is 0 Å². The van der Waals surface area contributed by atoms with Crippen LogP contribution in [0.5, 0.6) is 11.5 Å². The number of rotatable bonds is 5. The van der Waals surface area contributed by atoms with Gasteiger partial charge in [0.2, 0.25) is 0 Å². The van der Waals surface area contributed by atoms with Gasteiger partial charge in [-0.25, -0.2) is 0 Å². The van der Waals surface area contributed by atoms with Crippen LogP contribution in [0, 0.1) is 0 Å². The van der Waals surface area contributed by atoms with Gasteiger partial charge in [-0.15, -0.1) is 0 Å². The van der Waals surface area contributed by atoms with Gasteiger partial charge in [0, 0.05) is 11.5 Å². The zero-order chi connectivity index (χ0) is 18.9. The van der Waals surface area contributed by atoms with Crippen molar-refractivity contribution >= 4 is 0 Å². The van der Waals surface area contributed by atoms with E-state index in [1.54, 1.807) is 7.11 Å². The molecule has 4 nitrogen and oxygen atoms in total. The average molecular weight is 367 g/mol. The van der Waals surface area contributed by atoms with E-state index in [2.05, 4.69) is 36.2 Å². The zero-order valence-electron chi connectivity index (χ0n) is 16.2. The molecule has 1 saturated heterocycles. The first kappa shape index (κ1) is 18.3. The monoisotopic (exact) mass is 367 g/mol.